The standard InChI is InChI=1S/C4H7F4O4P/c1-11-13(9,10)12-4(8)2(5)3(6)7/h2-4H,1H3,(H,9,10). The van der Waals surface area contributed by atoms with Crippen LogP contribution in [0.25, 0.3) is 0 Å². The summed E-state index contributed by atoms with van der Waals surface area (Å²) in [6.07, 6.45) is -10.1. The topological polar surface area (TPSA) is 55.8 Å². The van der Waals surface area contributed by atoms with Crippen LogP contribution in [-0.4, -0.2) is 31.0 Å². The van der Waals surface area contributed by atoms with E-state index in [2.05, 4.69) is 9.05 Å². The number of hydrogen-bond acceptors (Lipinski definition) is 3. The van der Waals surface area contributed by atoms with Crippen LogP contribution in [0.3, 0.4) is 0 Å². The van der Waals surface area contributed by atoms with Crippen molar-refractivity contribution in [3.63, 3.8) is 0 Å². The van der Waals surface area contributed by atoms with Gasteiger partial charge in [0, 0.05) is 7.11 Å². The van der Waals surface area contributed by atoms with Gasteiger partial charge in [0.2, 0.25) is 12.5 Å². The minimum Gasteiger partial charge on any atom is -0.302 e. The van der Waals surface area contributed by atoms with E-state index in [9.17, 15) is 22.1 Å². The first-order chi connectivity index (χ1) is 5.80. The lowest BCUT2D eigenvalue weighted by molar-refractivity contribution is -0.0859. The van der Waals surface area contributed by atoms with Crippen molar-refractivity contribution < 1.29 is 36.1 Å². The summed E-state index contributed by atoms with van der Waals surface area (Å²) in [5, 5.41) is 0. The smallest absolute Gasteiger partial charge is 0.302 e. The van der Waals surface area contributed by atoms with E-state index < -0.39 is 26.8 Å². The van der Waals surface area contributed by atoms with Gasteiger partial charge in [-0.2, -0.15) is 0 Å². The zero-order chi connectivity index (χ0) is 10.6. The highest BCUT2D eigenvalue weighted by Crippen LogP contribution is 2.44. The number of rotatable bonds is 5. The van der Waals surface area contributed by atoms with Crippen LogP contribution in [0.2, 0.25) is 0 Å². The highest BCUT2D eigenvalue weighted by molar-refractivity contribution is 7.47. The van der Waals surface area contributed by atoms with Crippen LogP contribution in [0.15, 0.2) is 0 Å². The Balaban J connectivity index is 4.15. The van der Waals surface area contributed by atoms with Crippen molar-refractivity contribution >= 4 is 7.82 Å². The largest absolute Gasteiger partial charge is 0.474 e. The molecule has 3 unspecified atom stereocenters. The molecule has 3 atom stereocenters. The van der Waals surface area contributed by atoms with Gasteiger partial charge in [0.05, 0.1) is 0 Å². The zero-order valence-electron chi connectivity index (χ0n) is 6.36. The SMILES string of the molecule is COP(=O)(O)OC(F)C(F)C(F)F. The van der Waals surface area contributed by atoms with Gasteiger partial charge in [0.15, 0.2) is 0 Å². The number of alkyl halides is 4. The van der Waals surface area contributed by atoms with Crippen molar-refractivity contribution in [3.8, 4) is 0 Å². The highest BCUT2D eigenvalue weighted by atomic mass is 31.2. The van der Waals surface area contributed by atoms with Crippen molar-refractivity contribution in [1.82, 2.24) is 0 Å². The third kappa shape index (κ3) is 4.56. The average molecular weight is 226 g/mol. The summed E-state index contributed by atoms with van der Waals surface area (Å²) in [5.74, 6) is 0. The van der Waals surface area contributed by atoms with Crippen molar-refractivity contribution in [1.29, 1.82) is 0 Å². The Kier molecular flexibility index (Phi) is 4.83. The first-order valence-corrected chi connectivity index (χ1v) is 4.43. The summed E-state index contributed by atoms with van der Waals surface area (Å²) in [6, 6.07) is 0. The second-order valence-electron chi connectivity index (χ2n) is 1.89. The van der Waals surface area contributed by atoms with Crippen LogP contribution in [0.5, 0.6) is 0 Å². The lowest BCUT2D eigenvalue weighted by atomic mass is 10.4. The van der Waals surface area contributed by atoms with Crippen LogP contribution in [0.1, 0.15) is 0 Å². The fourth-order valence-corrected chi connectivity index (χ4v) is 0.800. The monoisotopic (exact) mass is 226 g/mol. The molecule has 0 aromatic carbocycles. The van der Waals surface area contributed by atoms with Crippen LogP contribution < -0.4 is 0 Å². The molecule has 0 spiro atoms. The summed E-state index contributed by atoms with van der Waals surface area (Å²) in [6.45, 7) is 0. The normalized spacial score (nSPS) is 21.2. The molecule has 9 heteroatoms. The molecule has 0 rings (SSSR count). The molecule has 0 saturated carbocycles. The Hall–Kier alpha value is -0.170. The van der Waals surface area contributed by atoms with Crippen molar-refractivity contribution in [2.75, 3.05) is 7.11 Å². The molecular formula is C4H7F4O4P. The van der Waals surface area contributed by atoms with Crippen LogP contribution in [0.4, 0.5) is 17.6 Å². The lowest BCUT2D eigenvalue weighted by Gasteiger charge is -2.15. The van der Waals surface area contributed by atoms with Crippen LogP contribution in [0, 0.1) is 0 Å². The Morgan fingerprint density at radius 3 is 2.08 bits per heavy atom. The highest BCUT2D eigenvalue weighted by Gasteiger charge is 2.36. The summed E-state index contributed by atoms with van der Waals surface area (Å²) < 4.78 is 64.6. The van der Waals surface area contributed by atoms with Gasteiger partial charge in [0.1, 0.15) is 0 Å². The van der Waals surface area contributed by atoms with Gasteiger partial charge in [-0.3, -0.25) is 4.52 Å². The van der Waals surface area contributed by atoms with Crippen molar-refractivity contribution in [2.24, 2.45) is 0 Å². The molecule has 4 nitrogen and oxygen atoms in total. The molecule has 13 heavy (non-hydrogen) atoms. The first kappa shape index (κ1) is 12.8. The number of hydrogen-bond donors (Lipinski definition) is 1. The predicted molar refractivity (Wildman–Crippen MR) is 33.7 cm³/mol. The quantitative estimate of drug-likeness (QED) is 0.572. The summed E-state index contributed by atoms with van der Waals surface area (Å²) in [4.78, 5) is 8.38. The molecular weight excluding hydrogens is 219 g/mol. The first-order valence-electron chi connectivity index (χ1n) is 2.93. The molecule has 0 aromatic heterocycles. The van der Waals surface area contributed by atoms with Gasteiger partial charge in [-0.25, -0.2) is 26.7 Å². The maximum absolute atomic E-state index is 12.2. The van der Waals surface area contributed by atoms with E-state index in [0.717, 1.165) is 0 Å². The van der Waals surface area contributed by atoms with Gasteiger partial charge in [0.25, 0.3) is 6.43 Å². The molecule has 0 aliphatic rings. The van der Waals surface area contributed by atoms with E-state index >= 15 is 0 Å². The minimum absolute atomic E-state index is 0.684. The second-order valence-corrected chi connectivity index (χ2v) is 3.40. The third-order valence-electron chi connectivity index (χ3n) is 0.956. The van der Waals surface area contributed by atoms with E-state index in [1.807, 2.05) is 0 Å². The van der Waals surface area contributed by atoms with Gasteiger partial charge < -0.3 is 4.89 Å². The maximum atomic E-state index is 12.2. The van der Waals surface area contributed by atoms with Gasteiger partial charge in [-0.05, 0) is 0 Å². The van der Waals surface area contributed by atoms with E-state index in [0.29, 0.717) is 7.11 Å². The number of phosphoric acid groups is 1. The Bertz CT molecular complexity index is 201. The molecule has 0 aromatic rings. The molecule has 0 heterocycles. The fourth-order valence-electron chi connectivity index (χ4n) is 0.343. The molecule has 0 saturated heterocycles. The number of halogens is 4. The molecule has 0 aliphatic heterocycles. The Morgan fingerprint density at radius 1 is 1.31 bits per heavy atom. The van der Waals surface area contributed by atoms with E-state index in [1.54, 1.807) is 0 Å². The molecule has 0 radical (unpaired) electrons. The summed E-state index contributed by atoms with van der Waals surface area (Å²) in [5.41, 5.74) is 0. The van der Waals surface area contributed by atoms with Crippen molar-refractivity contribution in [2.45, 2.75) is 19.0 Å². The molecule has 0 bridgehead atoms. The van der Waals surface area contributed by atoms with Gasteiger partial charge in [-0.15, -0.1) is 0 Å². The minimum atomic E-state index is -4.77. The van der Waals surface area contributed by atoms with E-state index in [1.165, 1.54) is 0 Å². The predicted octanol–water partition coefficient (Wildman–Crippen LogP) is 1.65. The molecule has 80 valence electrons. The maximum Gasteiger partial charge on any atom is 0.474 e. The lowest BCUT2D eigenvalue weighted by Crippen LogP contribution is -2.26. The van der Waals surface area contributed by atoms with E-state index in [-0.39, 0.29) is 0 Å². The number of phosphoric ester groups is 1. The molecule has 1 N–H and O–H groups in total. The molecule has 0 amide bonds. The zero-order valence-corrected chi connectivity index (χ0v) is 7.26. The van der Waals surface area contributed by atoms with Gasteiger partial charge in [-0.1, -0.05) is 0 Å². The van der Waals surface area contributed by atoms with E-state index in [4.69, 9.17) is 4.89 Å². The summed E-state index contributed by atoms with van der Waals surface area (Å²) in [7, 11) is -4.09. The Labute approximate surface area is 71.1 Å². The summed E-state index contributed by atoms with van der Waals surface area (Å²) >= 11 is 0. The van der Waals surface area contributed by atoms with Crippen LogP contribution >= 0.6 is 7.82 Å². The molecule has 0 fully saturated rings. The third-order valence-corrected chi connectivity index (χ3v) is 1.88. The average Bonchev–Trinajstić information content (AvgIpc) is 2.02. The van der Waals surface area contributed by atoms with Crippen molar-refractivity contribution in [3.05, 3.63) is 0 Å². The van der Waals surface area contributed by atoms with Crippen LogP contribution in [-0.2, 0) is 13.6 Å². The second kappa shape index (κ2) is 4.90. The molecule has 0 aliphatic carbocycles. The van der Waals surface area contributed by atoms with Gasteiger partial charge >= 0.3 is 7.82 Å². The fraction of sp³-hybridized carbons (Fsp3) is 1.00. The Morgan fingerprint density at radius 2 is 1.77 bits per heavy atom.